The lowest BCUT2D eigenvalue weighted by Crippen LogP contribution is -2.26. The van der Waals surface area contributed by atoms with Gasteiger partial charge in [0.15, 0.2) is 0 Å². The van der Waals surface area contributed by atoms with Gasteiger partial charge in [-0.2, -0.15) is 0 Å². The zero-order valence-electron chi connectivity index (χ0n) is 13.4. The third-order valence-corrected chi connectivity index (χ3v) is 4.42. The molecule has 1 amide bonds. The van der Waals surface area contributed by atoms with E-state index in [1.54, 1.807) is 19.1 Å². The van der Waals surface area contributed by atoms with Crippen molar-refractivity contribution in [3.8, 4) is 0 Å². The van der Waals surface area contributed by atoms with E-state index >= 15 is 0 Å². The number of nitrogens with one attached hydrogen (secondary N) is 1. The van der Waals surface area contributed by atoms with E-state index < -0.39 is 10.0 Å². The standard InChI is InChI=1S/C18H20N2O3S/c1-14(13-16-5-3-2-4-6-16)18(21)20-12-11-15-7-9-17(10-8-15)24(19,22)23/h2-10,13H,11-12H2,1H3,(H,20,21)(H2,19,22,23)/b14-13+. The van der Waals surface area contributed by atoms with Gasteiger partial charge in [0.25, 0.3) is 0 Å². The minimum Gasteiger partial charge on any atom is -0.352 e. The number of benzene rings is 2. The first-order valence-electron chi connectivity index (χ1n) is 7.49. The van der Waals surface area contributed by atoms with Crippen molar-refractivity contribution in [1.82, 2.24) is 5.32 Å². The molecule has 6 heteroatoms. The van der Waals surface area contributed by atoms with Gasteiger partial charge in [0.05, 0.1) is 4.90 Å². The SMILES string of the molecule is C/C(=C\c1ccccc1)C(=O)NCCc1ccc(S(N)(=O)=O)cc1. The Balaban J connectivity index is 1.87. The monoisotopic (exact) mass is 344 g/mol. The van der Waals surface area contributed by atoms with Crippen LogP contribution >= 0.6 is 0 Å². The second-order valence-electron chi connectivity index (χ2n) is 5.43. The molecule has 0 aliphatic heterocycles. The zero-order chi connectivity index (χ0) is 17.6. The first-order chi connectivity index (χ1) is 11.4. The largest absolute Gasteiger partial charge is 0.352 e. The molecule has 0 saturated carbocycles. The molecule has 0 aromatic heterocycles. The van der Waals surface area contributed by atoms with Crippen molar-refractivity contribution in [2.45, 2.75) is 18.2 Å². The van der Waals surface area contributed by atoms with Gasteiger partial charge in [-0.15, -0.1) is 0 Å². The van der Waals surface area contributed by atoms with Crippen LogP contribution in [0, 0.1) is 0 Å². The van der Waals surface area contributed by atoms with E-state index in [1.807, 2.05) is 36.4 Å². The van der Waals surface area contributed by atoms with Gasteiger partial charge >= 0.3 is 0 Å². The molecule has 2 rings (SSSR count). The molecule has 0 radical (unpaired) electrons. The number of hydrogen-bond donors (Lipinski definition) is 2. The fraction of sp³-hybridized carbons (Fsp3) is 0.167. The maximum Gasteiger partial charge on any atom is 0.246 e. The lowest BCUT2D eigenvalue weighted by molar-refractivity contribution is -0.117. The highest BCUT2D eigenvalue weighted by atomic mass is 32.2. The van der Waals surface area contributed by atoms with Gasteiger partial charge in [0, 0.05) is 12.1 Å². The van der Waals surface area contributed by atoms with Gasteiger partial charge < -0.3 is 5.32 Å². The van der Waals surface area contributed by atoms with E-state index in [4.69, 9.17) is 5.14 Å². The summed E-state index contributed by atoms with van der Waals surface area (Å²) in [5.74, 6) is -0.125. The Morgan fingerprint density at radius 2 is 1.71 bits per heavy atom. The summed E-state index contributed by atoms with van der Waals surface area (Å²) >= 11 is 0. The predicted octanol–water partition coefficient (Wildman–Crippen LogP) is 2.10. The second kappa shape index (κ2) is 7.90. The van der Waals surface area contributed by atoms with Gasteiger partial charge in [-0.05, 0) is 42.7 Å². The fourth-order valence-electron chi connectivity index (χ4n) is 2.17. The summed E-state index contributed by atoms with van der Waals surface area (Å²) in [6.07, 6.45) is 2.44. The molecule has 0 heterocycles. The summed E-state index contributed by atoms with van der Waals surface area (Å²) in [6, 6.07) is 15.9. The average Bonchev–Trinajstić information content (AvgIpc) is 2.55. The van der Waals surface area contributed by atoms with Crippen molar-refractivity contribution in [1.29, 1.82) is 0 Å². The normalized spacial score (nSPS) is 12.0. The maximum absolute atomic E-state index is 12.0. The van der Waals surface area contributed by atoms with Crippen LogP contribution in [-0.4, -0.2) is 20.9 Å². The van der Waals surface area contributed by atoms with E-state index in [0.29, 0.717) is 18.5 Å². The predicted molar refractivity (Wildman–Crippen MR) is 94.6 cm³/mol. The van der Waals surface area contributed by atoms with Crippen molar-refractivity contribution >= 4 is 22.0 Å². The first kappa shape index (κ1) is 17.9. The van der Waals surface area contributed by atoms with Crippen molar-refractivity contribution in [2.24, 2.45) is 5.14 Å². The molecule has 3 N–H and O–H groups in total. The van der Waals surface area contributed by atoms with Crippen LogP contribution in [-0.2, 0) is 21.2 Å². The highest BCUT2D eigenvalue weighted by Gasteiger charge is 2.07. The molecule has 0 fully saturated rings. The van der Waals surface area contributed by atoms with Crippen LogP contribution in [0.4, 0.5) is 0 Å². The Kier molecular flexibility index (Phi) is 5.89. The minimum atomic E-state index is -3.67. The molecule has 0 unspecified atom stereocenters. The molecule has 24 heavy (non-hydrogen) atoms. The van der Waals surface area contributed by atoms with Crippen molar-refractivity contribution in [3.05, 3.63) is 71.3 Å². The number of rotatable bonds is 6. The smallest absolute Gasteiger partial charge is 0.246 e. The summed E-state index contributed by atoms with van der Waals surface area (Å²) in [5, 5.41) is 7.90. The number of carbonyl (C=O) groups excluding carboxylic acids is 1. The van der Waals surface area contributed by atoms with Gasteiger partial charge in [-0.3, -0.25) is 4.79 Å². The molecule has 0 atom stereocenters. The highest BCUT2D eigenvalue weighted by molar-refractivity contribution is 7.89. The number of nitrogens with two attached hydrogens (primary N) is 1. The number of sulfonamides is 1. The van der Waals surface area contributed by atoms with Crippen LogP contribution in [0.2, 0.25) is 0 Å². The van der Waals surface area contributed by atoms with E-state index in [9.17, 15) is 13.2 Å². The Morgan fingerprint density at radius 3 is 2.29 bits per heavy atom. The van der Waals surface area contributed by atoms with Gasteiger partial charge in [0.1, 0.15) is 0 Å². The Bertz CT molecular complexity index is 826. The third kappa shape index (κ3) is 5.33. The van der Waals surface area contributed by atoms with Crippen LogP contribution in [0.3, 0.4) is 0 Å². The molecule has 2 aromatic rings. The summed E-state index contributed by atoms with van der Waals surface area (Å²) in [6.45, 7) is 2.23. The number of hydrogen-bond acceptors (Lipinski definition) is 3. The molecular formula is C18H20N2O3S. The summed E-state index contributed by atoms with van der Waals surface area (Å²) in [7, 11) is -3.67. The molecule has 0 aliphatic carbocycles. The van der Waals surface area contributed by atoms with Gasteiger partial charge in [-0.1, -0.05) is 42.5 Å². The Labute approximate surface area is 142 Å². The summed E-state index contributed by atoms with van der Waals surface area (Å²) in [5.41, 5.74) is 2.53. The lowest BCUT2D eigenvalue weighted by atomic mass is 10.1. The zero-order valence-corrected chi connectivity index (χ0v) is 14.2. The Morgan fingerprint density at radius 1 is 1.08 bits per heavy atom. The average molecular weight is 344 g/mol. The van der Waals surface area contributed by atoms with Crippen LogP contribution < -0.4 is 10.5 Å². The minimum absolute atomic E-state index is 0.0805. The van der Waals surface area contributed by atoms with Crippen LogP contribution in [0.15, 0.2) is 65.1 Å². The fourth-order valence-corrected chi connectivity index (χ4v) is 2.69. The molecule has 0 spiro atoms. The third-order valence-electron chi connectivity index (χ3n) is 3.49. The summed E-state index contributed by atoms with van der Waals surface area (Å²) < 4.78 is 22.4. The molecular weight excluding hydrogens is 324 g/mol. The number of carbonyl (C=O) groups is 1. The quantitative estimate of drug-likeness (QED) is 0.787. The first-order valence-corrected chi connectivity index (χ1v) is 9.04. The molecule has 0 aliphatic rings. The van der Waals surface area contributed by atoms with E-state index in [0.717, 1.165) is 11.1 Å². The molecule has 0 saturated heterocycles. The van der Waals surface area contributed by atoms with Crippen molar-refractivity contribution in [3.63, 3.8) is 0 Å². The van der Waals surface area contributed by atoms with Crippen molar-refractivity contribution < 1.29 is 13.2 Å². The Hall–Kier alpha value is -2.44. The lowest BCUT2D eigenvalue weighted by Gasteiger charge is -2.06. The van der Waals surface area contributed by atoms with Crippen molar-refractivity contribution in [2.75, 3.05) is 6.54 Å². The van der Waals surface area contributed by atoms with Crippen LogP contribution in [0.5, 0.6) is 0 Å². The number of amides is 1. The second-order valence-corrected chi connectivity index (χ2v) is 6.99. The maximum atomic E-state index is 12.0. The molecule has 5 nitrogen and oxygen atoms in total. The van der Waals surface area contributed by atoms with Gasteiger partial charge in [0.2, 0.25) is 15.9 Å². The van der Waals surface area contributed by atoms with Gasteiger partial charge in [-0.25, -0.2) is 13.6 Å². The topological polar surface area (TPSA) is 89.3 Å². The van der Waals surface area contributed by atoms with Crippen LogP contribution in [0.25, 0.3) is 6.08 Å². The molecule has 2 aromatic carbocycles. The molecule has 126 valence electrons. The molecule has 0 bridgehead atoms. The van der Waals surface area contributed by atoms with E-state index in [1.165, 1.54) is 12.1 Å². The van der Waals surface area contributed by atoms with E-state index in [2.05, 4.69) is 5.32 Å². The highest BCUT2D eigenvalue weighted by Crippen LogP contribution is 2.09. The number of primary sulfonamides is 1. The summed E-state index contributed by atoms with van der Waals surface area (Å²) in [4.78, 5) is 12.1. The van der Waals surface area contributed by atoms with E-state index in [-0.39, 0.29) is 10.8 Å². The van der Waals surface area contributed by atoms with Crippen LogP contribution in [0.1, 0.15) is 18.1 Å².